The number of ether oxygens (including phenoxy) is 1. The van der Waals surface area contributed by atoms with Crippen LogP contribution < -0.4 is 10.6 Å². The Labute approximate surface area is 101 Å². The number of nitrogens with one attached hydrogen (secondary N) is 2. The average molecular weight is 238 g/mol. The molecule has 1 amide bonds. The van der Waals surface area contributed by atoms with E-state index in [4.69, 9.17) is 4.74 Å². The Morgan fingerprint density at radius 3 is 3.12 bits per heavy atom. The molecule has 2 N–H and O–H groups in total. The summed E-state index contributed by atoms with van der Waals surface area (Å²) in [4.78, 5) is 19.3. The van der Waals surface area contributed by atoms with Crippen molar-refractivity contribution in [1.82, 2.24) is 10.6 Å². The van der Waals surface area contributed by atoms with Crippen LogP contribution in [0.3, 0.4) is 0 Å². The van der Waals surface area contributed by atoms with Crippen molar-refractivity contribution in [3.8, 4) is 0 Å². The van der Waals surface area contributed by atoms with Gasteiger partial charge in [-0.3, -0.25) is 15.1 Å². The molecule has 1 aliphatic rings. The molecule has 0 aromatic heterocycles. The van der Waals surface area contributed by atoms with Gasteiger partial charge < -0.3 is 10.1 Å². The summed E-state index contributed by atoms with van der Waals surface area (Å²) < 4.78 is 5.45. The van der Waals surface area contributed by atoms with Gasteiger partial charge in [0.2, 0.25) is 5.91 Å². The Kier molecular flexibility index (Phi) is 5.77. The zero-order valence-electron chi connectivity index (χ0n) is 10.2. The molecule has 0 saturated carbocycles. The summed E-state index contributed by atoms with van der Waals surface area (Å²) >= 11 is 0. The molecule has 0 aliphatic carbocycles. The van der Waals surface area contributed by atoms with Crippen LogP contribution in [0, 0.1) is 0 Å². The van der Waals surface area contributed by atoms with E-state index in [1.165, 1.54) is 12.4 Å². The van der Waals surface area contributed by atoms with E-state index in [1.54, 1.807) is 6.92 Å². The molecule has 0 aromatic rings. The summed E-state index contributed by atoms with van der Waals surface area (Å²) in [6, 6.07) is 0.395. The lowest BCUT2D eigenvalue weighted by molar-refractivity contribution is -0.118. The number of amides is 1. The van der Waals surface area contributed by atoms with Crippen molar-refractivity contribution in [1.29, 1.82) is 0 Å². The molecule has 17 heavy (non-hydrogen) atoms. The van der Waals surface area contributed by atoms with E-state index in [-0.39, 0.29) is 12.5 Å². The van der Waals surface area contributed by atoms with Gasteiger partial charge in [-0.1, -0.05) is 13.3 Å². The molecule has 1 rings (SSSR count). The van der Waals surface area contributed by atoms with Crippen LogP contribution in [-0.2, 0) is 9.53 Å². The first-order chi connectivity index (χ1) is 8.22. The second kappa shape index (κ2) is 7.43. The molecule has 0 saturated heterocycles. The van der Waals surface area contributed by atoms with E-state index in [0.717, 1.165) is 12.8 Å². The van der Waals surface area contributed by atoms with E-state index in [9.17, 15) is 4.79 Å². The van der Waals surface area contributed by atoms with E-state index in [1.807, 2.05) is 0 Å². The van der Waals surface area contributed by atoms with Gasteiger partial charge in [0.25, 0.3) is 6.02 Å². The van der Waals surface area contributed by atoms with Crippen LogP contribution in [0.4, 0.5) is 0 Å². The lowest BCUT2D eigenvalue weighted by atomic mass is 10.4. The van der Waals surface area contributed by atoms with E-state index >= 15 is 0 Å². The van der Waals surface area contributed by atoms with Crippen molar-refractivity contribution in [2.75, 3.05) is 13.2 Å². The Hall–Kier alpha value is -1.85. The van der Waals surface area contributed by atoms with Gasteiger partial charge in [0.1, 0.15) is 12.4 Å². The Morgan fingerprint density at radius 1 is 1.53 bits per heavy atom. The third-order valence-corrected chi connectivity index (χ3v) is 1.99. The number of aliphatic imine (C=N–C) groups is 2. The molecule has 6 nitrogen and oxygen atoms in total. The zero-order chi connectivity index (χ0) is 12.5. The van der Waals surface area contributed by atoms with Crippen molar-refractivity contribution in [2.45, 2.75) is 26.7 Å². The van der Waals surface area contributed by atoms with Crippen LogP contribution in [0.2, 0.25) is 0 Å². The number of hydrogen-bond acceptors (Lipinski definition) is 5. The van der Waals surface area contributed by atoms with Crippen molar-refractivity contribution in [3.05, 3.63) is 12.4 Å². The van der Waals surface area contributed by atoms with Gasteiger partial charge in [-0.25, -0.2) is 4.99 Å². The van der Waals surface area contributed by atoms with Crippen molar-refractivity contribution >= 4 is 17.8 Å². The van der Waals surface area contributed by atoms with Crippen molar-refractivity contribution in [2.24, 2.45) is 9.98 Å². The number of carbonyl (C=O) groups is 1. The van der Waals surface area contributed by atoms with Crippen LogP contribution in [-0.4, -0.2) is 30.9 Å². The highest BCUT2D eigenvalue weighted by Gasteiger charge is 2.03. The molecule has 6 heteroatoms. The number of rotatable bonds is 3. The summed E-state index contributed by atoms with van der Waals surface area (Å²) in [5.41, 5.74) is 0. The number of nitrogens with zero attached hydrogens (tertiary/aromatic N) is 2. The lowest BCUT2D eigenvalue weighted by Gasteiger charge is -2.11. The van der Waals surface area contributed by atoms with Gasteiger partial charge in [-0.2, -0.15) is 0 Å². The van der Waals surface area contributed by atoms with E-state index in [0.29, 0.717) is 18.5 Å². The van der Waals surface area contributed by atoms with Crippen LogP contribution in [0.1, 0.15) is 26.7 Å². The number of carbonyl (C=O) groups excluding carboxylic acids is 1. The highest BCUT2D eigenvalue weighted by molar-refractivity contribution is 5.97. The Balaban J connectivity index is 2.62. The molecule has 0 bridgehead atoms. The third kappa shape index (κ3) is 5.70. The fourth-order valence-corrected chi connectivity index (χ4v) is 1.08. The minimum absolute atomic E-state index is 0.0887. The molecule has 0 unspecified atom stereocenters. The first-order valence-corrected chi connectivity index (χ1v) is 5.65. The third-order valence-electron chi connectivity index (χ3n) is 1.99. The van der Waals surface area contributed by atoms with Gasteiger partial charge in [0.05, 0.1) is 6.61 Å². The minimum Gasteiger partial charge on any atom is -0.465 e. The maximum atomic E-state index is 11.2. The van der Waals surface area contributed by atoms with Crippen LogP contribution >= 0.6 is 0 Å². The monoisotopic (exact) mass is 238 g/mol. The van der Waals surface area contributed by atoms with Crippen LogP contribution in [0.5, 0.6) is 0 Å². The first-order valence-electron chi connectivity index (χ1n) is 5.65. The predicted molar refractivity (Wildman–Crippen MR) is 66.7 cm³/mol. The quantitative estimate of drug-likeness (QED) is 0.713. The van der Waals surface area contributed by atoms with E-state index in [2.05, 4.69) is 27.5 Å². The molecule has 1 heterocycles. The fraction of sp³-hybridized carbons (Fsp3) is 0.545. The fourth-order valence-electron chi connectivity index (χ4n) is 1.08. The second-order valence-corrected chi connectivity index (χ2v) is 3.55. The van der Waals surface area contributed by atoms with Gasteiger partial charge in [-0.15, -0.1) is 0 Å². The van der Waals surface area contributed by atoms with Crippen molar-refractivity contribution < 1.29 is 9.53 Å². The summed E-state index contributed by atoms with van der Waals surface area (Å²) in [6.45, 7) is 4.55. The highest BCUT2D eigenvalue weighted by Crippen LogP contribution is 1.91. The summed E-state index contributed by atoms with van der Waals surface area (Å²) in [7, 11) is 0. The van der Waals surface area contributed by atoms with Gasteiger partial charge >= 0.3 is 0 Å². The standard InChI is InChI=1S/C11H18N4O2/c1-3-4-7-17-11-13-6-5-12-10(16)8-14-9(2)15-11/h5-6H,3-4,7-8H2,1-2H3,(H,12,16)(H,13,14,15)/b6-5+. The van der Waals surface area contributed by atoms with Gasteiger partial charge in [0, 0.05) is 12.4 Å². The number of unbranched alkanes of at least 4 members (excludes halogenated alkanes) is 1. The Morgan fingerprint density at radius 2 is 2.35 bits per heavy atom. The molecule has 0 fully saturated rings. The summed E-state index contributed by atoms with van der Waals surface area (Å²) in [5.74, 6) is 0.429. The number of hydrogen-bond donors (Lipinski definition) is 2. The minimum atomic E-state index is -0.173. The second-order valence-electron chi connectivity index (χ2n) is 3.55. The largest absolute Gasteiger partial charge is 0.465 e. The highest BCUT2D eigenvalue weighted by atomic mass is 16.5. The average Bonchev–Trinajstić information content (AvgIpc) is 2.31. The SMILES string of the molecule is CCCCOC1=N/C=C/NC(=O)CN=C(C)N1. The summed E-state index contributed by atoms with van der Waals surface area (Å²) in [5, 5.41) is 5.46. The topological polar surface area (TPSA) is 75.1 Å². The lowest BCUT2D eigenvalue weighted by Crippen LogP contribution is -2.32. The molecule has 0 atom stereocenters. The molecular weight excluding hydrogens is 220 g/mol. The molecule has 0 spiro atoms. The molecule has 0 radical (unpaired) electrons. The summed E-state index contributed by atoms with van der Waals surface area (Å²) in [6.07, 6.45) is 4.97. The molecule has 0 aromatic carbocycles. The molecule has 1 aliphatic heterocycles. The number of amidine groups is 2. The van der Waals surface area contributed by atoms with Gasteiger partial charge in [-0.05, 0) is 13.3 Å². The first kappa shape index (κ1) is 13.2. The normalized spacial score (nSPS) is 18.4. The maximum Gasteiger partial charge on any atom is 0.294 e. The molecule has 94 valence electrons. The smallest absolute Gasteiger partial charge is 0.294 e. The zero-order valence-corrected chi connectivity index (χ0v) is 10.2. The van der Waals surface area contributed by atoms with Crippen molar-refractivity contribution in [3.63, 3.8) is 0 Å². The molecular formula is C11H18N4O2. The van der Waals surface area contributed by atoms with E-state index < -0.39 is 0 Å². The Bertz CT molecular complexity index is 347. The van der Waals surface area contributed by atoms with Crippen LogP contribution in [0.25, 0.3) is 0 Å². The maximum absolute atomic E-state index is 11.2. The predicted octanol–water partition coefficient (Wildman–Crippen LogP) is 0.768. The van der Waals surface area contributed by atoms with Crippen LogP contribution in [0.15, 0.2) is 22.4 Å². The van der Waals surface area contributed by atoms with Gasteiger partial charge in [0.15, 0.2) is 0 Å².